The van der Waals surface area contributed by atoms with Crippen molar-refractivity contribution in [3.8, 4) is 5.75 Å². The fraction of sp³-hybridized carbons (Fsp3) is 0.0833. The molecular formula is C24H18N2O6. The van der Waals surface area contributed by atoms with Gasteiger partial charge in [0.2, 0.25) is 0 Å². The highest BCUT2D eigenvalue weighted by Crippen LogP contribution is 2.42. The van der Waals surface area contributed by atoms with Crippen LogP contribution in [0.5, 0.6) is 5.75 Å². The van der Waals surface area contributed by atoms with Gasteiger partial charge >= 0.3 is 0 Å². The lowest BCUT2D eigenvalue weighted by atomic mass is 9.95. The number of aryl methyl sites for hydroxylation is 1. The van der Waals surface area contributed by atoms with Crippen LogP contribution in [0, 0.1) is 17.0 Å². The van der Waals surface area contributed by atoms with Crippen molar-refractivity contribution in [1.29, 1.82) is 0 Å². The van der Waals surface area contributed by atoms with Gasteiger partial charge < -0.3 is 10.2 Å². The number of hydrogen-bond donors (Lipinski definition) is 2. The lowest BCUT2D eigenvalue weighted by Gasteiger charge is -2.25. The first-order valence-corrected chi connectivity index (χ1v) is 9.69. The number of Topliss-reactive ketones (excluding diaryl/α,β-unsaturated/α-hetero) is 1. The number of ketones is 1. The number of aliphatic hydroxyl groups is 1. The van der Waals surface area contributed by atoms with Gasteiger partial charge in [-0.05, 0) is 36.8 Å². The molecule has 1 unspecified atom stereocenters. The highest BCUT2D eigenvalue weighted by molar-refractivity contribution is 6.51. The largest absolute Gasteiger partial charge is 0.508 e. The Morgan fingerprint density at radius 1 is 1.00 bits per heavy atom. The summed E-state index contributed by atoms with van der Waals surface area (Å²) in [5, 5.41) is 31.8. The molecule has 1 heterocycles. The minimum absolute atomic E-state index is 0.000258. The number of nitro groups is 1. The van der Waals surface area contributed by atoms with E-state index in [1.54, 1.807) is 36.4 Å². The van der Waals surface area contributed by atoms with E-state index in [1.807, 2.05) is 6.92 Å². The van der Waals surface area contributed by atoms with Crippen molar-refractivity contribution in [2.75, 3.05) is 4.90 Å². The number of non-ortho nitro benzene ring substituents is 1. The molecule has 1 aliphatic rings. The van der Waals surface area contributed by atoms with Gasteiger partial charge in [-0.3, -0.25) is 24.6 Å². The average molecular weight is 430 g/mol. The summed E-state index contributed by atoms with van der Waals surface area (Å²) < 4.78 is 0. The number of phenolic OH excluding ortho intramolecular Hbond substituents is 1. The normalized spacial score (nSPS) is 17.5. The van der Waals surface area contributed by atoms with E-state index >= 15 is 0 Å². The Balaban J connectivity index is 1.94. The summed E-state index contributed by atoms with van der Waals surface area (Å²) in [5.41, 5.74) is 1.49. The zero-order valence-electron chi connectivity index (χ0n) is 16.9. The third-order valence-electron chi connectivity index (χ3n) is 5.30. The Kier molecular flexibility index (Phi) is 5.19. The topological polar surface area (TPSA) is 121 Å². The van der Waals surface area contributed by atoms with Crippen molar-refractivity contribution in [3.63, 3.8) is 0 Å². The molecule has 3 aromatic rings. The van der Waals surface area contributed by atoms with Crippen LogP contribution in [0.15, 0.2) is 78.4 Å². The van der Waals surface area contributed by atoms with Gasteiger partial charge in [0.05, 0.1) is 16.5 Å². The lowest BCUT2D eigenvalue weighted by molar-refractivity contribution is -0.384. The molecule has 1 amide bonds. The quantitative estimate of drug-likeness (QED) is 0.210. The number of carbonyl (C=O) groups is 2. The van der Waals surface area contributed by atoms with E-state index in [0.29, 0.717) is 11.3 Å². The van der Waals surface area contributed by atoms with Crippen molar-refractivity contribution in [1.82, 2.24) is 0 Å². The molecular weight excluding hydrogens is 412 g/mol. The second-order valence-electron chi connectivity index (χ2n) is 7.40. The van der Waals surface area contributed by atoms with E-state index < -0.39 is 28.4 Å². The van der Waals surface area contributed by atoms with Gasteiger partial charge in [0, 0.05) is 23.4 Å². The molecule has 1 fully saturated rings. The number of hydrogen-bond acceptors (Lipinski definition) is 6. The van der Waals surface area contributed by atoms with E-state index in [-0.39, 0.29) is 22.6 Å². The number of aliphatic hydroxyl groups excluding tert-OH is 1. The van der Waals surface area contributed by atoms with Crippen LogP contribution in [0.25, 0.3) is 5.76 Å². The Morgan fingerprint density at radius 2 is 1.66 bits per heavy atom. The summed E-state index contributed by atoms with van der Waals surface area (Å²) in [7, 11) is 0. The Hall–Kier alpha value is -4.46. The molecule has 0 aliphatic carbocycles. The summed E-state index contributed by atoms with van der Waals surface area (Å²) in [5.74, 6) is -2.26. The molecule has 3 aromatic carbocycles. The third-order valence-corrected chi connectivity index (χ3v) is 5.30. The fourth-order valence-electron chi connectivity index (χ4n) is 3.70. The van der Waals surface area contributed by atoms with Gasteiger partial charge in [0.1, 0.15) is 11.5 Å². The first-order valence-electron chi connectivity index (χ1n) is 9.69. The van der Waals surface area contributed by atoms with Crippen molar-refractivity contribution >= 4 is 28.8 Å². The van der Waals surface area contributed by atoms with Gasteiger partial charge in [-0.25, -0.2) is 0 Å². The highest BCUT2D eigenvalue weighted by atomic mass is 16.6. The van der Waals surface area contributed by atoms with Crippen LogP contribution in [0.1, 0.15) is 22.7 Å². The number of amides is 1. The zero-order valence-corrected chi connectivity index (χ0v) is 16.9. The predicted molar refractivity (Wildman–Crippen MR) is 117 cm³/mol. The van der Waals surface area contributed by atoms with Crippen molar-refractivity contribution < 1.29 is 24.7 Å². The number of benzene rings is 3. The molecule has 0 spiro atoms. The summed E-state index contributed by atoms with van der Waals surface area (Å²) >= 11 is 0. The third kappa shape index (κ3) is 3.58. The molecule has 0 saturated carbocycles. The number of nitro benzene ring substituents is 1. The number of carbonyl (C=O) groups excluding carboxylic acids is 2. The van der Waals surface area contributed by atoms with Crippen molar-refractivity contribution in [2.24, 2.45) is 0 Å². The predicted octanol–water partition coefficient (Wildman–Crippen LogP) is 4.24. The van der Waals surface area contributed by atoms with Crippen LogP contribution in [-0.2, 0) is 9.59 Å². The molecule has 1 aliphatic heterocycles. The molecule has 8 nitrogen and oxygen atoms in total. The number of nitrogens with zero attached hydrogens (tertiary/aromatic N) is 2. The standard InChI is InChI=1S/C24H18N2O6/c1-14-5-9-17(10-6-14)25-21(15-7-11-19(27)12-8-15)20(23(29)24(25)30)22(28)16-3-2-4-18(13-16)26(31)32/h2-13,21,27-28H,1H3/b22-20-. The molecule has 1 saturated heterocycles. The van der Waals surface area contributed by atoms with Crippen LogP contribution in [0.4, 0.5) is 11.4 Å². The van der Waals surface area contributed by atoms with E-state index in [1.165, 1.54) is 35.2 Å². The number of aromatic hydroxyl groups is 1. The fourth-order valence-corrected chi connectivity index (χ4v) is 3.70. The van der Waals surface area contributed by atoms with E-state index in [9.17, 15) is 29.9 Å². The minimum Gasteiger partial charge on any atom is -0.508 e. The minimum atomic E-state index is -0.988. The second kappa shape index (κ2) is 7.99. The first-order chi connectivity index (χ1) is 15.3. The van der Waals surface area contributed by atoms with Crippen LogP contribution in [0.3, 0.4) is 0 Å². The summed E-state index contributed by atoms with van der Waals surface area (Å²) in [6.45, 7) is 1.89. The lowest BCUT2D eigenvalue weighted by Crippen LogP contribution is -2.29. The summed E-state index contributed by atoms with van der Waals surface area (Å²) in [6, 6.07) is 17.1. The average Bonchev–Trinajstić information content (AvgIpc) is 3.05. The SMILES string of the molecule is Cc1ccc(N2C(=O)C(=O)/C(=C(\O)c3cccc([N+](=O)[O-])c3)C2c2ccc(O)cc2)cc1. The Labute approximate surface area is 182 Å². The second-order valence-corrected chi connectivity index (χ2v) is 7.40. The maximum absolute atomic E-state index is 13.0. The first kappa shape index (κ1) is 20.8. The highest BCUT2D eigenvalue weighted by Gasteiger charge is 2.47. The van der Waals surface area contributed by atoms with E-state index in [2.05, 4.69) is 0 Å². The van der Waals surface area contributed by atoms with E-state index in [0.717, 1.165) is 11.6 Å². The van der Waals surface area contributed by atoms with E-state index in [4.69, 9.17) is 0 Å². The van der Waals surface area contributed by atoms with Gasteiger partial charge in [-0.2, -0.15) is 0 Å². The molecule has 1 atom stereocenters. The molecule has 32 heavy (non-hydrogen) atoms. The molecule has 0 bridgehead atoms. The van der Waals surface area contributed by atoms with Crippen LogP contribution in [-0.4, -0.2) is 26.8 Å². The molecule has 0 radical (unpaired) electrons. The van der Waals surface area contributed by atoms with Crippen LogP contribution < -0.4 is 4.90 Å². The monoisotopic (exact) mass is 430 g/mol. The number of rotatable bonds is 4. The molecule has 160 valence electrons. The summed E-state index contributed by atoms with van der Waals surface area (Å²) in [4.78, 5) is 37.9. The molecule has 4 rings (SSSR count). The molecule has 2 N–H and O–H groups in total. The maximum atomic E-state index is 13.0. The van der Waals surface area contributed by atoms with Gasteiger partial charge in [0.15, 0.2) is 0 Å². The van der Waals surface area contributed by atoms with Gasteiger partial charge in [0.25, 0.3) is 17.4 Å². The Morgan fingerprint density at radius 3 is 2.28 bits per heavy atom. The van der Waals surface area contributed by atoms with Crippen LogP contribution in [0.2, 0.25) is 0 Å². The smallest absolute Gasteiger partial charge is 0.300 e. The van der Waals surface area contributed by atoms with Crippen LogP contribution >= 0.6 is 0 Å². The zero-order chi connectivity index (χ0) is 23.0. The van der Waals surface area contributed by atoms with Crippen molar-refractivity contribution in [2.45, 2.75) is 13.0 Å². The van der Waals surface area contributed by atoms with Gasteiger partial charge in [-0.15, -0.1) is 0 Å². The number of phenols is 1. The molecule has 0 aromatic heterocycles. The van der Waals surface area contributed by atoms with Gasteiger partial charge in [-0.1, -0.05) is 42.0 Å². The van der Waals surface area contributed by atoms with Crippen molar-refractivity contribution in [3.05, 3.63) is 105 Å². The summed E-state index contributed by atoms with van der Waals surface area (Å²) in [6.07, 6.45) is 0. The maximum Gasteiger partial charge on any atom is 0.300 e. The number of anilines is 1. The molecule has 8 heteroatoms. The Bertz CT molecular complexity index is 1260.